The number of carbonyl (C=O) groups is 2. The third-order valence-electron chi connectivity index (χ3n) is 2.88. The molecule has 0 saturated carbocycles. The molecule has 110 valence electrons. The maximum absolute atomic E-state index is 12.9. The van der Waals surface area contributed by atoms with Crippen LogP contribution in [0.3, 0.4) is 0 Å². The van der Waals surface area contributed by atoms with Crippen molar-refractivity contribution in [2.24, 2.45) is 0 Å². The molecule has 0 aliphatic rings. The summed E-state index contributed by atoms with van der Waals surface area (Å²) in [6.07, 6.45) is 0.855. The van der Waals surface area contributed by atoms with Crippen LogP contribution < -0.4 is 5.32 Å². The van der Waals surface area contributed by atoms with E-state index in [-0.39, 0.29) is 30.5 Å². The monoisotopic (exact) mass is 281 g/mol. The molecule has 20 heavy (non-hydrogen) atoms. The van der Waals surface area contributed by atoms with Crippen LogP contribution in [-0.2, 0) is 20.7 Å². The van der Waals surface area contributed by atoms with Gasteiger partial charge in [-0.2, -0.15) is 0 Å². The number of hydrogen-bond donors (Lipinski definition) is 1. The molecule has 0 spiro atoms. The number of rotatable bonds is 7. The van der Waals surface area contributed by atoms with Gasteiger partial charge in [0.2, 0.25) is 5.91 Å². The van der Waals surface area contributed by atoms with E-state index >= 15 is 0 Å². The quantitative estimate of drug-likeness (QED) is 0.779. The number of halogens is 1. The van der Waals surface area contributed by atoms with Crippen molar-refractivity contribution in [3.8, 4) is 0 Å². The highest BCUT2D eigenvalue weighted by atomic mass is 19.1. The van der Waals surface area contributed by atoms with Gasteiger partial charge in [0.1, 0.15) is 5.82 Å². The van der Waals surface area contributed by atoms with E-state index in [1.165, 1.54) is 12.1 Å². The van der Waals surface area contributed by atoms with Gasteiger partial charge in [0, 0.05) is 13.0 Å². The van der Waals surface area contributed by atoms with Crippen molar-refractivity contribution in [1.29, 1.82) is 0 Å². The van der Waals surface area contributed by atoms with Gasteiger partial charge in [-0.1, -0.05) is 6.07 Å². The molecule has 1 N–H and O–H groups in total. The molecule has 0 fully saturated rings. The predicted molar refractivity (Wildman–Crippen MR) is 73.7 cm³/mol. The molecule has 1 rings (SSSR count). The first-order chi connectivity index (χ1) is 9.52. The van der Waals surface area contributed by atoms with Crippen LogP contribution in [0.2, 0.25) is 0 Å². The number of carbonyl (C=O) groups excluding carboxylic acids is 2. The van der Waals surface area contributed by atoms with Gasteiger partial charge in [-0.25, -0.2) is 4.39 Å². The molecule has 0 unspecified atom stereocenters. The molecule has 4 nitrogen and oxygen atoms in total. The molecular weight excluding hydrogens is 261 g/mol. The van der Waals surface area contributed by atoms with Crippen molar-refractivity contribution in [3.63, 3.8) is 0 Å². The molecule has 1 aromatic carbocycles. The van der Waals surface area contributed by atoms with Crippen LogP contribution in [0.25, 0.3) is 0 Å². The van der Waals surface area contributed by atoms with Gasteiger partial charge in [0.05, 0.1) is 13.0 Å². The van der Waals surface area contributed by atoms with Gasteiger partial charge < -0.3 is 10.1 Å². The molecule has 1 amide bonds. The summed E-state index contributed by atoms with van der Waals surface area (Å²) in [5, 5.41) is 2.73. The van der Waals surface area contributed by atoms with Crippen LogP contribution in [0.15, 0.2) is 18.2 Å². The Labute approximate surface area is 118 Å². The molecule has 0 bridgehead atoms. The Kier molecular flexibility index (Phi) is 6.70. The zero-order valence-corrected chi connectivity index (χ0v) is 11.9. The lowest BCUT2D eigenvalue weighted by Gasteiger charge is -2.07. The first-order valence-electron chi connectivity index (χ1n) is 6.70. The van der Waals surface area contributed by atoms with Crippen molar-refractivity contribution in [2.75, 3.05) is 13.2 Å². The number of hydrogen-bond acceptors (Lipinski definition) is 3. The van der Waals surface area contributed by atoms with E-state index in [0.717, 1.165) is 11.1 Å². The summed E-state index contributed by atoms with van der Waals surface area (Å²) in [6, 6.07) is 4.60. The van der Waals surface area contributed by atoms with Gasteiger partial charge in [0.15, 0.2) is 0 Å². The maximum atomic E-state index is 12.9. The molecule has 5 heteroatoms. The van der Waals surface area contributed by atoms with Gasteiger partial charge in [-0.05, 0) is 43.5 Å². The predicted octanol–water partition coefficient (Wildman–Crippen LogP) is 2.14. The van der Waals surface area contributed by atoms with Gasteiger partial charge in [0.25, 0.3) is 0 Å². The molecule has 1 aromatic rings. The standard InChI is InChI=1S/C15H20FNO3/c1-3-20-15(19)7-6-14(18)17-9-8-12-4-5-13(16)10-11(12)2/h4-5,10H,3,6-9H2,1-2H3,(H,17,18). The van der Waals surface area contributed by atoms with Crippen molar-refractivity contribution in [1.82, 2.24) is 5.32 Å². The van der Waals surface area contributed by atoms with E-state index in [1.807, 2.05) is 6.92 Å². The Morgan fingerprint density at radius 3 is 2.70 bits per heavy atom. The highest BCUT2D eigenvalue weighted by Gasteiger charge is 2.07. The van der Waals surface area contributed by atoms with Crippen molar-refractivity contribution >= 4 is 11.9 Å². The second kappa shape index (κ2) is 8.30. The van der Waals surface area contributed by atoms with E-state index < -0.39 is 0 Å². The highest BCUT2D eigenvalue weighted by Crippen LogP contribution is 2.10. The summed E-state index contributed by atoms with van der Waals surface area (Å²) < 4.78 is 17.7. The van der Waals surface area contributed by atoms with E-state index in [0.29, 0.717) is 19.6 Å². The van der Waals surface area contributed by atoms with Gasteiger partial charge >= 0.3 is 5.97 Å². The lowest BCUT2D eigenvalue weighted by Crippen LogP contribution is -2.26. The van der Waals surface area contributed by atoms with Gasteiger partial charge in [-0.3, -0.25) is 9.59 Å². The van der Waals surface area contributed by atoms with Crippen molar-refractivity contribution < 1.29 is 18.7 Å². The van der Waals surface area contributed by atoms with Crippen LogP contribution in [0.5, 0.6) is 0 Å². The largest absolute Gasteiger partial charge is 0.466 e. The number of amides is 1. The van der Waals surface area contributed by atoms with E-state index in [1.54, 1.807) is 13.0 Å². The second-order valence-electron chi connectivity index (χ2n) is 4.48. The average Bonchev–Trinajstić information content (AvgIpc) is 2.39. The minimum atomic E-state index is -0.364. The maximum Gasteiger partial charge on any atom is 0.306 e. The summed E-state index contributed by atoms with van der Waals surface area (Å²) >= 11 is 0. The average molecular weight is 281 g/mol. The highest BCUT2D eigenvalue weighted by molar-refractivity contribution is 5.81. The zero-order chi connectivity index (χ0) is 15.0. The summed E-state index contributed by atoms with van der Waals surface area (Å²) in [5.74, 6) is -0.806. The third-order valence-corrected chi connectivity index (χ3v) is 2.88. The van der Waals surface area contributed by atoms with E-state index in [2.05, 4.69) is 5.32 Å². The van der Waals surface area contributed by atoms with Crippen molar-refractivity contribution in [3.05, 3.63) is 35.1 Å². The first-order valence-corrected chi connectivity index (χ1v) is 6.70. The van der Waals surface area contributed by atoms with Crippen LogP contribution in [0, 0.1) is 12.7 Å². The lowest BCUT2D eigenvalue weighted by molar-refractivity contribution is -0.144. The molecule has 0 aliphatic carbocycles. The second-order valence-corrected chi connectivity index (χ2v) is 4.48. The number of benzene rings is 1. The number of ether oxygens (including phenoxy) is 1. The number of nitrogens with one attached hydrogen (secondary N) is 1. The summed E-state index contributed by atoms with van der Waals surface area (Å²) in [6.45, 7) is 4.35. The molecule has 0 aliphatic heterocycles. The van der Waals surface area contributed by atoms with Crippen LogP contribution in [0.1, 0.15) is 30.9 Å². The van der Waals surface area contributed by atoms with Crippen LogP contribution in [-0.4, -0.2) is 25.0 Å². The fourth-order valence-electron chi connectivity index (χ4n) is 1.81. The smallest absolute Gasteiger partial charge is 0.306 e. The Balaban J connectivity index is 2.26. The Morgan fingerprint density at radius 1 is 1.30 bits per heavy atom. The Morgan fingerprint density at radius 2 is 2.05 bits per heavy atom. The molecular formula is C15H20FNO3. The summed E-state index contributed by atoms with van der Waals surface area (Å²) in [7, 11) is 0. The molecule has 0 atom stereocenters. The Hall–Kier alpha value is -1.91. The zero-order valence-electron chi connectivity index (χ0n) is 11.9. The van der Waals surface area contributed by atoms with Crippen LogP contribution >= 0.6 is 0 Å². The minimum absolute atomic E-state index is 0.0925. The molecule has 0 aromatic heterocycles. The van der Waals surface area contributed by atoms with Crippen LogP contribution in [0.4, 0.5) is 4.39 Å². The molecule has 0 radical (unpaired) electrons. The molecule has 0 heterocycles. The van der Waals surface area contributed by atoms with Crippen molar-refractivity contribution in [2.45, 2.75) is 33.1 Å². The van der Waals surface area contributed by atoms with E-state index in [9.17, 15) is 14.0 Å². The fourth-order valence-corrected chi connectivity index (χ4v) is 1.81. The minimum Gasteiger partial charge on any atom is -0.466 e. The molecule has 0 saturated heterocycles. The number of esters is 1. The fraction of sp³-hybridized carbons (Fsp3) is 0.467. The normalized spacial score (nSPS) is 10.2. The summed E-state index contributed by atoms with van der Waals surface area (Å²) in [4.78, 5) is 22.6. The third kappa shape index (κ3) is 5.82. The van der Waals surface area contributed by atoms with E-state index in [4.69, 9.17) is 4.74 Å². The first kappa shape index (κ1) is 16.1. The van der Waals surface area contributed by atoms with Gasteiger partial charge in [-0.15, -0.1) is 0 Å². The lowest BCUT2D eigenvalue weighted by atomic mass is 10.1. The topological polar surface area (TPSA) is 55.4 Å². The SMILES string of the molecule is CCOC(=O)CCC(=O)NCCc1ccc(F)cc1C. The number of aryl methyl sites for hydroxylation is 1. The Bertz CT molecular complexity index is 474. The summed E-state index contributed by atoms with van der Waals surface area (Å²) in [5.41, 5.74) is 1.86.